The van der Waals surface area contributed by atoms with Gasteiger partial charge in [0.25, 0.3) is 0 Å². The Labute approximate surface area is 141 Å². The Hall–Kier alpha value is -1.94. The molecule has 1 N–H and O–H groups in total. The van der Waals surface area contributed by atoms with Crippen molar-refractivity contribution in [1.29, 1.82) is 5.39 Å². The highest BCUT2D eigenvalue weighted by molar-refractivity contribution is 5.14. The Balaban J connectivity index is 1.70. The van der Waals surface area contributed by atoms with Crippen molar-refractivity contribution in [2.45, 2.75) is 25.7 Å². The van der Waals surface area contributed by atoms with Crippen LogP contribution in [0.1, 0.15) is 18.9 Å². The predicted octanol–water partition coefficient (Wildman–Crippen LogP) is 3.47. The number of hydrogen-bond acceptors (Lipinski definition) is 5. The maximum absolute atomic E-state index is 10.2. The molecule has 24 heavy (non-hydrogen) atoms. The lowest BCUT2D eigenvalue weighted by Gasteiger charge is -2.29. The number of nitrogens with zero attached hydrogens (tertiary/aromatic N) is 2. The van der Waals surface area contributed by atoms with E-state index in [9.17, 15) is 5.11 Å². The second-order valence-corrected chi connectivity index (χ2v) is 6.44. The molecule has 2 aliphatic rings. The Kier molecular flexibility index (Phi) is 5.14. The van der Waals surface area contributed by atoms with Crippen LogP contribution in [0.15, 0.2) is 42.3 Å². The molecule has 0 aromatic heterocycles. The molecule has 128 valence electrons. The predicted molar refractivity (Wildman–Crippen MR) is 87.3 cm³/mol. The van der Waals surface area contributed by atoms with E-state index in [4.69, 9.17) is 19.6 Å². The van der Waals surface area contributed by atoms with Crippen molar-refractivity contribution in [3.63, 3.8) is 0 Å². The first-order valence-corrected chi connectivity index (χ1v) is 8.29. The summed E-state index contributed by atoms with van der Waals surface area (Å²) < 4.78 is 17.6. The zero-order chi connectivity index (χ0) is 17.0. The van der Waals surface area contributed by atoms with Gasteiger partial charge in [-0.2, -0.15) is 0 Å². The van der Waals surface area contributed by atoms with Crippen LogP contribution < -0.4 is 0 Å². The Morgan fingerprint density at radius 3 is 2.75 bits per heavy atom. The minimum Gasteiger partial charge on any atom is -0.505 e. The maximum Gasteiger partial charge on any atom is 0.387 e. The quantitative estimate of drug-likeness (QED) is 0.660. The van der Waals surface area contributed by atoms with Gasteiger partial charge in [-0.15, -0.1) is 0 Å². The van der Waals surface area contributed by atoms with Gasteiger partial charge in [-0.05, 0) is 5.56 Å². The topological polar surface area (TPSA) is 76.1 Å². The Bertz CT molecular complexity index is 620. The van der Waals surface area contributed by atoms with Gasteiger partial charge in [0, 0.05) is 24.2 Å². The van der Waals surface area contributed by atoms with Crippen LogP contribution in [-0.2, 0) is 20.8 Å². The van der Waals surface area contributed by atoms with E-state index in [-0.39, 0.29) is 23.5 Å². The highest BCUT2D eigenvalue weighted by atomic mass is 16.7. The van der Waals surface area contributed by atoms with Crippen molar-refractivity contribution in [3.8, 4) is 0 Å². The summed E-state index contributed by atoms with van der Waals surface area (Å²) in [5.74, 6) is -0.777. The summed E-state index contributed by atoms with van der Waals surface area (Å²) in [4.78, 5) is 2.95. The van der Waals surface area contributed by atoms with E-state index >= 15 is 0 Å². The molecule has 6 nitrogen and oxygen atoms in total. The highest BCUT2D eigenvalue weighted by Crippen LogP contribution is 2.51. The molecule has 0 bridgehead atoms. The molecule has 1 saturated carbocycles. The molecule has 0 amide bonds. The van der Waals surface area contributed by atoms with Crippen LogP contribution in [0.2, 0.25) is 0 Å². The molecule has 6 heteroatoms. The van der Waals surface area contributed by atoms with Crippen LogP contribution in [0, 0.1) is 23.1 Å². The maximum atomic E-state index is 10.2. The van der Waals surface area contributed by atoms with Crippen LogP contribution in [0.3, 0.4) is 0 Å². The molecule has 2 fully saturated rings. The van der Waals surface area contributed by atoms with E-state index < -0.39 is 5.79 Å². The summed E-state index contributed by atoms with van der Waals surface area (Å²) in [5.41, 5.74) is 1.10. The average Bonchev–Trinajstić information content (AvgIpc) is 3.17. The lowest BCUT2D eigenvalue weighted by molar-refractivity contribution is -0.184. The van der Waals surface area contributed by atoms with Gasteiger partial charge in [0.2, 0.25) is 5.39 Å². The Morgan fingerprint density at radius 2 is 2.08 bits per heavy atom. The van der Waals surface area contributed by atoms with Gasteiger partial charge in [-0.1, -0.05) is 37.3 Å². The van der Waals surface area contributed by atoms with Gasteiger partial charge < -0.3 is 19.3 Å². The van der Waals surface area contributed by atoms with Gasteiger partial charge in [0.15, 0.2) is 16.5 Å². The third kappa shape index (κ3) is 3.29. The van der Waals surface area contributed by atoms with Gasteiger partial charge in [0.1, 0.15) is 0 Å². The number of ether oxygens (including phenoxy) is 3. The molecule has 1 aromatic rings. The first kappa shape index (κ1) is 16.9. The first-order chi connectivity index (χ1) is 11.7. The average molecular weight is 331 g/mol. The van der Waals surface area contributed by atoms with E-state index in [2.05, 4.69) is 11.9 Å². The minimum absolute atomic E-state index is 0.0183. The van der Waals surface area contributed by atoms with Crippen molar-refractivity contribution in [2.75, 3.05) is 19.8 Å². The number of aliphatic hydroxyl groups excluding tert-OH is 1. The second kappa shape index (κ2) is 7.31. The number of benzene rings is 1. The standard InChI is InChI=1S/C18H22N2O4/c1-13-16(12-22-11-14-5-3-2-4-6-14)15(17(21)10-20-19)9-18(13)23-7-8-24-18/h2-6,10,13,15-16H,7-9,11-12H2,1H3/p+1/b17-10-/t13-,15-,16-/m1/s1. The van der Waals surface area contributed by atoms with Gasteiger partial charge >= 0.3 is 6.20 Å². The zero-order valence-corrected chi connectivity index (χ0v) is 13.8. The molecule has 3 rings (SSSR count). The normalized spacial score (nSPS) is 29.0. The monoisotopic (exact) mass is 331 g/mol. The third-order valence-corrected chi connectivity index (χ3v) is 5.13. The molecule has 0 unspecified atom stereocenters. The van der Waals surface area contributed by atoms with Gasteiger partial charge in [0.05, 0.1) is 26.4 Å². The van der Waals surface area contributed by atoms with Crippen LogP contribution in [-0.4, -0.2) is 30.7 Å². The van der Waals surface area contributed by atoms with E-state index in [1.807, 2.05) is 30.3 Å². The summed E-state index contributed by atoms with van der Waals surface area (Å²) in [6, 6.07) is 9.96. The SMILES string of the molecule is C[C@@H]1[C@@H](COCc2ccccc2)[C@H](/C(O)=C/[N+]#N)CC12OCCO2. The molecule has 1 aliphatic heterocycles. The molecular formula is C18H23N2O4+. The van der Waals surface area contributed by atoms with E-state index in [1.54, 1.807) is 0 Å². The summed E-state index contributed by atoms with van der Waals surface area (Å²) in [7, 11) is 0. The van der Waals surface area contributed by atoms with Crippen molar-refractivity contribution in [3.05, 3.63) is 52.8 Å². The lowest BCUT2D eigenvalue weighted by Crippen LogP contribution is -2.35. The molecule has 1 heterocycles. The van der Waals surface area contributed by atoms with Crippen LogP contribution >= 0.6 is 0 Å². The zero-order valence-electron chi connectivity index (χ0n) is 13.8. The lowest BCUT2D eigenvalue weighted by atomic mass is 9.89. The smallest absolute Gasteiger partial charge is 0.387 e. The summed E-state index contributed by atoms with van der Waals surface area (Å²) in [6.07, 6.45) is 1.61. The number of diazo groups is 1. The van der Waals surface area contributed by atoms with Crippen LogP contribution in [0.25, 0.3) is 4.98 Å². The number of aliphatic hydroxyl groups is 1. The van der Waals surface area contributed by atoms with Gasteiger partial charge in [-0.25, -0.2) is 0 Å². The molecule has 1 aromatic carbocycles. The molecule has 0 radical (unpaired) electrons. The van der Waals surface area contributed by atoms with Gasteiger partial charge in [-0.3, -0.25) is 0 Å². The minimum atomic E-state index is -0.678. The summed E-state index contributed by atoms with van der Waals surface area (Å²) >= 11 is 0. The number of allylic oxidation sites excluding steroid dienone is 1. The molecular weight excluding hydrogens is 308 g/mol. The summed E-state index contributed by atoms with van der Waals surface area (Å²) in [6.45, 7) is 4.16. The number of hydrogen-bond donors (Lipinski definition) is 1. The van der Waals surface area contributed by atoms with Crippen molar-refractivity contribution in [1.82, 2.24) is 0 Å². The first-order valence-electron chi connectivity index (χ1n) is 8.29. The fourth-order valence-corrected chi connectivity index (χ4v) is 3.80. The van der Waals surface area contributed by atoms with E-state index in [0.717, 1.165) is 11.8 Å². The van der Waals surface area contributed by atoms with E-state index in [0.29, 0.717) is 32.8 Å². The molecule has 1 saturated heterocycles. The number of rotatable bonds is 5. The van der Waals surface area contributed by atoms with Crippen molar-refractivity contribution in [2.24, 2.45) is 17.8 Å². The van der Waals surface area contributed by atoms with E-state index in [1.165, 1.54) is 0 Å². The van der Waals surface area contributed by atoms with Crippen molar-refractivity contribution < 1.29 is 19.3 Å². The van der Waals surface area contributed by atoms with Crippen LogP contribution in [0.4, 0.5) is 0 Å². The fourth-order valence-electron chi connectivity index (χ4n) is 3.80. The molecule has 1 spiro atoms. The molecule has 3 atom stereocenters. The van der Waals surface area contributed by atoms with Crippen LogP contribution in [0.5, 0.6) is 0 Å². The third-order valence-electron chi connectivity index (χ3n) is 5.13. The largest absolute Gasteiger partial charge is 0.505 e. The Morgan fingerprint density at radius 1 is 1.38 bits per heavy atom. The van der Waals surface area contributed by atoms with Crippen molar-refractivity contribution >= 4 is 0 Å². The molecule has 1 aliphatic carbocycles. The second-order valence-electron chi connectivity index (χ2n) is 6.44. The summed E-state index contributed by atoms with van der Waals surface area (Å²) in [5, 5.41) is 19.0. The fraction of sp³-hybridized carbons (Fsp3) is 0.556. The highest BCUT2D eigenvalue weighted by Gasteiger charge is 2.56.